The third-order valence-corrected chi connectivity index (χ3v) is 5.05. The van der Waals surface area contributed by atoms with Gasteiger partial charge >= 0.3 is 0 Å². The van der Waals surface area contributed by atoms with E-state index >= 15 is 0 Å². The molecule has 0 aromatic heterocycles. The molecule has 98 valence electrons. The van der Waals surface area contributed by atoms with Crippen LogP contribution in [-0.4, -0.2) is 32.5 Å². The highest BCUT2D eigenvalue weighted by molar-refractivity contribution is 7.91. The van der Waals surface area contributed by atoms with Gasteiger partial charge in [0.05, 0.1) is 17.6 Å². The van der Waals surface area contributed by atoms with Crippen LogP contribution in [-0.2, 0) is 9.84 Å². The Balaban J connectivity index is 2.30. The summed E-state index contributed by atoms with van der Waals surface area (Å²) in [6.07, 6.45) is 2.89. The minimum atomic E-state index is -2.77. The van der Waals surface area contributed by atoms with E-state index in [1.807, 2.05) is 0 Å². The van der Waals surface area contributed by atoms with Gasteiger partial charge < -0.3 is 5.32 Å². The molecule has 1 aliphatic rings. The lowest BCUT2D eigenvalue weighted by Gasteiger charge is -2.29. The second-order valence-corrected chi connectivity index (χ2v) is 7.93. The van der Waals surface area contributed by atoms with Gasteiger partial charge in [-0.2, -0.15) is 5.26 Å². The number of hydrogen-bond donors (Lipinski definition) is 1. The minimum Gasteiger partial charge on any atom is -0.313 e. The summed E-state index contributed by atoms with van der Waals surface area (Å²) >= 11 is 0. The average molecular weight is 258 g/mol. The highest BCUT2D eigenvalue weighted by Gasteiger charge is 2.25. The molecule has 17 heavy (non-hydrogen) atoms. The van der Waals surface area contributed by atoms with E-state index in [2.05, 4.69) is 25.2 Å². The van der Waals surface area contributed by atoms with E-state index in [0.29, 0.717) is 24.0 Å². The number of nitrogens with zero attached hydrogens (tertiary/aromatic N) is 1. The fraction of sp³-hybridized carbons (Fsp3) is 0.917. The first kappa shape index (κ1) is 14.5. The largest absolute Gasteiger partial charge is 0.313 e. The van der Waals surface area contributed by atoms with E-state index in [-0.39, 0.29) is 5.41 Å². The van der Waals surface area contributed by atoms with Crippen LogP contribution in [0.25, 0.3) is 0 Å². The quantitative estimate of drug-likeness (QED) is 0.811. The maximum Gasteiger partial charge on any atom is 0.150 e. The van der Waals surface area contributed by atoms with Gasteiger partial charge in [-0.15, -0.1) is 0 Å². The number of rotatable bonds is 5. The lowest BCUT2D eigenvalue weighted by molar-refractivity contribution is 0.293. The maximum atomic E-state index is 11.3. The molecule has 1 aliphatic heterocycles. The van der Waals surface area contributed by atoms with Crippen LogP contribution in [0.3, 0.4) is 0 Å². The summed E-state index contributed by atoms with van der Waals surface area (Å²) in [6.45, 7) is 5.12. The summed E-state index contributed by atoms with van der Waals surface area (Å²) in [7, 11) is -2.77. The van der Waals surface area contributed by atoms with E-state index in [0.717, 1.165) is 25.8 Å². The van der Waals surface area contributed by atoms with Crippen molar-refractivity contribution < 1.29 is 8.42 Å². The molecule has 0 aromatic rings. The molecule has 4 nitrogen and oxygen atoms in total. The Bertz CT molecular complexity index is 368. The van der Waals surface area contributed by atoms with Crippen LogP contribution in [0, 0.1) is 16.7 Å². The van der Waals surface area contributed by atoms with E-state index in [4.69, 9.17) is 5.26 Å². The zero-order valence-corrected chi connectivity index (χ0v) is 11.5. The third-order valence-electron chi connectivity index (χ3n) is 3.34. The van der Waals surface area contributed by atoms with Crippen LogP contribution in [0.5, 0.6) is 0 Å². The smallest absolute Gasteiger partial charge is 0.150 e. The first-order chi connectivity index (χ1) is 7.85. The molecule has 0 atom stereocenters. The van der Waals surface area contributed by atoms with Crippen molar-refractivity contribution in [2.45, 2.75) is 45.6 Å². The number of nitriles is 1. The highest BCUT2D eigenvalue weighted by Crippen LogP contribution is 2.22. The number of hydrogen-bond acceptors (Lipinski definition) is 4. The summed E-state index contributed by atoms with van der Waals surface area (Å²) < 4.78 is 22.5. The predicted octanol–water partition coefficient (Wildman–Crippen LogP) is 1.48. The van der Waals surface area contributed by atoms with Crippen molar-refractivity contribution in [3.8, 4) is 6.07 Å². The normalized spacial score (nSPS) is 21.0. The van der Waals surface area contributed by atoms with Crippen molar-refractivity contribution in [1.29, 1.82) is 5.26 Å². The topological polar surface area (TPSA) is 70.0 Å². The Hall–Kier alpha value is -0.600. The van der Waals surface area contributed by atoms with Crippen LogP contribution in [0.1, 0.15) is 39.5 Å². The predicted molar refractivity (Wildman–Crippen MR) is 68.3 cm³/mol. The molecule has 1 fully saturated rings. The van der Waals surface area contributed by atoms with Crippen LogP contribution < -0.4 is 5.32 Å². The van der Waals surface area contributed by atoms with E-state index in [9.17, 15) is 8.42 Å². The van der Waals surface area contributed by atoms with Gasteiger partial charge in [-0.3, -0.25) is 0 Å². The molecule has 5 heteroatoms. The van der Waals surface area contributed by atoms with Crippen LogP contribution in [0.15, 0.2) is 0 Å². The summed E-state index contributed by atoms with van der Waals surface area (Å²) in [5.74, 6) is 0.618. The fourth-order valence-corrected chi connectivity index (χ4v) is 3.49. The van der Waals surface area contributed by atoms with Crippen LogP contribution >= 0.6 is 0 Å². The Kier molecular flexibility index (Phi) is 4.96. The lowest BCUT2D eigenvalue weighted by Crippen LogP contribution is -2.41. The molecular formula is C12H22N2O2S. The average Bonchev–Trinajstić information content (AvgIpc) is 2.25. The van der Waals surface area contributed by atoms with Crippen molar-refractivity contribution in [3.05, 3.63) is 0 Å². The van der Waals surface area contributed by atoms with Gasteiger partial charge in [-0.25, -0.2) is 8.42 Å². The Morgan fingerprint density at radius 2 is 1.94 bits per heavy atom. The van der Waals surface area contributed by atoms with Crippen molar-refractivity contribution in [2.75, 3.05) is 18.1 Å². The Morgan fingerprint density at radius 3 is 2.47 bits per heavy atom. The number of nitrogens with one attached hydrogen (secondary N) is 1. The second kappa shape index (κ2) is 5.83. The fourth-order valence-electron chi connectivity index (χ4n) is 2.00. The lowest BCUT2D eigenvalue weighted by atomic mass is 9.87. The molecule has 0 unspecified atom stereocenters. The van der Waals surface area contributed by atoms with E-state index < -0.39 is 9.84 Å². The molecule has 0 saturated carbocycles. The molecule has 1 N–H and O–H groups in total. The van der Waals surface area contributed by atoms with Crippen LogP contribution in [0.2, 0.25) is 0 Å². The summed E-state index contributed by atoms with van der Waals surface area (Å²) in [6, 6.07) is 2.48. The summed E-state index contributed by atoms with van der Waals surface area (Å²) in [4.78, 5) is 0. The van der Waals surface area contributed by atoms with Gasteiger partial charge in [-0.05, 0) is 24.7 Å². The van der Waals surface area contributed by atoms with E-state index in [1.165, 1.54) is 0 Å². The van der Waals surface area contributed by atoms with Crippen molar-refractivity contribution in [3.63, 3.8) is 0 Å². The van der Waals surface area contributed by atoms with Crippen molar-refractivity contribution in [1.82, 2.24) is 5.32 Å². The Labute approximate surface area is 104 Å². The first-order valence-electron chi connectivity index (χ1n) is 6.15. The van der Waals surface area contributed by atoms with Crippen molar-refractivity contribution in [2.24, 2.45) is 5.41 Å². The first-order valence-corrected chi connectivity index (χ1v) is 7.98. The summed E-state index contributed by atoms with van der Waals surface area (Å²) in [5.41, 5.74) is 0.103. The zero-order chi connectivity index (χ0) is 12.9. The molecule has 1 saturated heterocycles. The van der Waals surface area contributed by atoms with Gasteiger partial charge in [0.2, 0.25) is 0 Å². The van der Waals surface area contributed by atoms with Gasteiger partial charge in [0.1, 0.15) is 9.84 Å². The molecular weight excluding hydrogens is 236 g/mol. The third kappa shape index (κ3) is 5.51. The molecule has 0 aliphatic carbocycles. The summed E-state index contributed by atoms with van der Waals surface area (Å²) in [5, 5.41) is 12.0. The second-order valence-electron chi connectivity index (χ2n) is 5.63. The molecule has 1 rings (SSSR count). The van der Waals surface area contributed by atoms with Gasteiger partial charge in [0, 0.05) is 19.0 Å². The highest BCUT2D eigenvalue weighted by atomic mass is 32.2. The molecule has 0 radical (unpaired) electrons. The zero-order valence-electron chi connectivity index (χ0n) is 10.7. The van der Waals surface area contributed by atoms with Crippen molar-refractivity contribution >= 4 is 9.84 Å². The standard InChI is InChI=1S/C12H22N2O2S/c1-12(2,6-3-7-13)10-14-11-4-8-17(15,16)9-5-11/h11,14H,3-6,8-10H2,1-2H3. The van der Waals surface area contributed by atoms with Gasteiger partial charge in [-0.1, -0.05) is 13.8 Å². The molecule has 1 heterocycles. The molecule has 0 amide bonds. The molecule has 0 spiro atoms. The van der Waals surface area contributed by atoms with E-state index in [1.54, 1.807) is 0 Å². The monoisotopic (exact) mass is 258 g/mol. The maximum absolute atomic E-state index is 11.3. The van der Waals surface area contributed by atoms with Crippen LogP contribution in [0.4, 0.5) is 0 Å². The van der Waals surface area contributed by atoms with Gasteiger partial charge in [0.25, 0.3) is 0 Å². The SMILES string of the molecule is CC(C)(CCC#N)CNC1CCS(=O)(=O)CC1. The molecule has 0 aromatic carbocycles. The minimum absolute atomic E-state index is 0.103. The van der Waals surface area contributed by atoms with Gasteiger partial charge in [0.15, 0.2) is 0 Å². The Morgan fingerprint density at radius 1 is 1.35 bits per heavy atom. The molecule has 0 bridgehead atoms. The number of sulfone groups is 1.